The normalized spacial score (nSPS) is 10.8. The maximum atomic E-state index is 5.50. The second-order valence-electron chi connectivity index (χ2n) is 3.73. The highest BCUT2D eigenvalue weighted by molar-refractivity contribution is 5.27. The van der Waals surface area contributed by atoms with Crippen LogP contribution in [0.3, 0.4) is 0 Å². The molecule has 1 rings (SSSR count). The number of ether oxygens (including phenoxy) is 3. The molecule has 0 bridgehead atoms. The van der Waals surface area contributed by atoms with Gasteiger partial charge in [-0.05, 0) is 38.0 Å². The molecule has 0 aliphatic heterocycles. The maximum absolute atomic E-state index is 5.50. The molecule has 0 aromatic heterocycles. The van der Waals surface area contributed by atoms with E-state index in [9.17, 15) is 0 Å². The van der Waals surface area contributed by atoms with Gasteiger partial charge in [-0.2, -0.15) is 0 Å². The number of hydrogen-bond donors (Lipinski definition) is 0. The fourth-order valence-electron chi connectivity index (χ4n) is 1.66. The molecule has 0 aliphatic carbocycles. The Bertz CT molecular complexity index is 289. The molecule has 3 nitrogen and oxygen atoms in total. The van der Waals surface area contributed by atoms with Crippen molar-refractivity contribution in [1.29, 1.82) is 0 Å². The Morgan fingerprint density at radius 1 is 1.00 bits per heavy atom. The van der Waals surface area contributed by atoms with Crippen molar-refractivity contribution in [3.63, 3.8) is 0 Å². The first kappa shape index (κ1) is 14.0. The summed E-state index contributed by atoms with van der Waals surface area (Å²) in [6.45, 7) is 5.35. The Balaban J connectivity index is 2.41. The lowest BCUT2D eigenvalue weighted by Gasteiger charge is -2.16. The van der Waals surface area contributed by atoms with E-state index in [2.05, 4.69) is 12.1 Å². The van der Waals surface area contributed by atoms with E-state index < -0.39 is 0 Å². The van der Waals surface area contributed by atoms with Gasteiger partial charge in [0.05, 0.1) is 7.11 Å². The van der Waals surface area contributed by atoms with E-state index in [0.717, 1.165) is 18.6 Å². The summed E-state index contributed by atoms with van der Waals surface area (Å²) in [5.41, 5.74) is 1.27. The molecule has 0 heterocycles. The Hall–Kier alpha value is -1.06. The Morgan fingerprint density at radius 3 is 2.06 bits per heavy atom. The lowest BCUT2D eigenvalue weighted by atomic mass is 10.1. The highest BCUT2D eigenvalue weighted by Gasteiger charge is 2.07. The molecule has 0 saturated heterocycles. The largest absolute Gasteiger partial charge is 0.497 e. The van der Waals surface area contributed by atoms with Gasteiger partial charge < -0.3 is 14.2 Å². The molecule has 17 heavy (non-hydrogen) atoms. The van der Waals surface area contributed by atoms with Gasteiger partial charge in [-0.25, -0.2) is 0 Å². The van der Waals surface area contributed by atoms with Gasteiger partial charge in [0.15, 0.2) is 6.29 Å². The Morgan fingerprint density at radius 2 is 1.59 bits per heavy atom. The van der Waals surface area contributed by atoms with Crippen molar-refractivity contribution < 1.29 is 14.2 Å². The highest BCUT2D eigenvalue weighted by atomic mass is 16.7. The zero-order valence-corrected chi connectivity index (χ0v) is 10.9. The predicted octanol–water partition coefficient (Wildman–Crippen LogP) is 3.03. The molecule has 0 atom stereocenters. The number of methoxy groups -OCH3 is 1. The van der Waals surface area contributed by atoms with Crippen LogP contribution in [0.4, 0.5) is 0 Å². The van der Waals surface area contributed by atoms with Crippen LogP contribution >= 0.6 is 0 Å². The minimum absolute atomic E-state index is 0.0906. The van der Waals surface area contributed by atoms with Crippen LogP contribution in [-0.4, -0.2) is 26.6 Å². The van der Waals surface area contributed by atoms with Crippen molar-refractivity contribution in [3.05, 3.63) is 29.8 Å². The summed E-state index contributed by atoms with van der Waals surface area (Å²) < 4.78 is 16.1. The second kappa shape index (κ2) is 8.09. The quantitative estimate of drug-likeness (QED) is 0.651. The predicted molar refractivity (Wildman–Crippen MR) is 68.4 cm³/mol. The summed E-state index contributed by atoms with van der Waals surface area (Å²) in [6, 6.07) is 8.11. The van der Waals surface area contributed by atoms with Crippen LogP contribution in [0.5, 0.6) is 5.75 Å². The molecule has 0 aliphatic rings. The summed E-state index contributed by atoms with van der Waals surface area (Å²) in [5.74, 6) is 0.889. The summed E-state index contributed by atoms with van der Waals surface area (Å²) >= 11 is 0. The molecule has 0 fully saturated rings. The minimum Gasteiger partial charge on any atom is -0.497 e. The molecule has 1 aromatic rings. The van der Waals surface area contributed by atoms with E-state index >= 15 is 0 Å². The molecular formula is C14H22O3. The first-order chi connectivity index (χ1) is 8.30. The molecule has 0 radical (unpaired) electrons. The summed E-state index contributed by atoms with van der Waals surface area (Å²) in [7, 11) is 1.68. The van der Waals surface area contributed by atoms with Crippen LogP contribution in [0, 0.1) is 0 Å². The van der Waals surface area contributed by atoms with Crippen molar-refractivity contribution in [2.24, 2.45) is 0 Å². The molecule has 0 unspecified atom stereocenters. The topological polar surface area (TPSA) is 27.7 Å². The van der Waals surface area contributed by atoms with Gasteiger partial charge in [0, 0.05) is 19.6 Å². The summed E-state index contributed by atoms with van der Waals surface area (Å²) in [5, 5.41) is 0. The average molecular weight is 238 g/mol. The maximum Gasteiger partial charge on any atom is 0.157 e. The molecule has 1 aromatic carbocycles. The van der Waals surface area contributed by atoms with Crippen LogP contribution in [-0.2, 0) is 15.9 Å². The van der Waals surface area contributed by atoms with Crippen molar-refractivity contribution in [3.8, 4) is 5.75 Å². The van der Waals surface area contributed by atoms with Crippen molar-refractivity contribution in [1.82, 2.24) is 0 Å². The van der Waals surface area contributed by atoms with Crippen molar-refractivity contribution in [2.75, 3.05) is 20.3 Å². The smallest absolute Gasteiger partial charge is 0.157 e. The first-order valence-electron chi connectivity index (χ1n) is 6.16. The third-order valence-electron chi connectivity index (χ3n) is 2.53. The van der Waals surface area contributed by atoms with E-state index in [4.69, 9.17) is 14.2 Å². The van der Waals surface area contributed by atoms with Gasteiger partial charge >= 0.3 is 0 Å². The van der Waals surface area contributed by atoms with Gasteiger partial charge in [-0.1, -0.05) is 12.1 Å². The lowest BCUT2D eigenvalue weighted by Crippen LogP contribution is -2.18. The number of rotatable bonds is 8. The monoisotopic (exact) mass is 238 g/mol. The molecule has 3 heteroatoms. The van der Waals surface area contributed by atoms with Crippen LogP contribution in [0.25, 0.3) is 0 Å². The average Bonchev–Trinajstić information content (AvgIpc) is 2.37. The number of aryl methyl sites for hydroxylation is 1. The zero-order valence-electron chi connectivity index (χ0n) is 10.9. The Labute approximate surface area is 104 Å². The second-order valence-corrected chi connectivity index (χ2v) is 3.73. The minimum atomic E-state index is -0.0906. The highest BCUT2D eigenvalue weighted by Crippen LogP contribution is 2.14. The van der Waals surface area contributed by atoms with Crippen LogP contribution in [0.15, 0.2) is 24.3 Å². The first-order valence-corrected chi connectivity index (χ1v) is 6.16. The van der Waals surface area contributed by atoms with E-state index in [-0.39, 0.29) is 6.29 Å². The molecular weight excluding hydrogens is 216 g/mol. The lowest BCUT2D eigenvalue weighted by molar-refractivity contribution is -0.139. The van der Waals surface area contributed by atoms with E-state index in [0.29, 0.717) is 13.2 Å². The van der Waals surface area contributed by atoms with Crippen LogP contribution < -0.4 is 4.74 Å². The number of benzene rings is 1. The number of hydrogen-bond acceptors (Lipinski definition) is 3. The van der Waals surface area contributed by atoms with Gasteiger partial charge in [0.25, 0.3) is 0 Å². The summed E-state index contributed by atoms with van der Waals surface area (Å²) in [6.07, 6.45) is 1.75. The molecule has 96 valence electrons. The van der Waals surface area contributed by atoms with Crippen molar-refractivity contribution >= 4 is 0 Å². The molecule has 0 amide bonds. The SMILES string of the molecule is CCOC(CCc1ccc(OC)cc1)OCC. The fraction of sp³-hybridized carbons (Fsp3) is 0.571. The van der Waals surface area contributed by atoms with E-state index in [1.54, 1.807) is 7.11 Å². The third kappa shape index (κ3) is 5.20. The zero-order chi connectivity index (χ0) is 12.5. The summed E-state index contributed by atoms with van der Waals surface area (Å²) in [4.78, 5) is 0. The standard InChI is InChI=1S/C14H22O3/c1-4-16-14(17-5-2)11-8-12-6-9-13(15-3)10-7-12/h6-7,9-10,14H,4-5,8,11H2,1-3H3. The fourth-order valence-corrected chi connectivity index (χ4v) is 1.66. The molecule has 0 saturated carbocycles. The van der Waals surface area contributed by atoms with Crippen molar-refractivity contribution in [2.45, 2.75) is 33.0 Å². The van der Waals surface area contributed by atoms with Crippen LogP contribution in [0.2, 0.25) is 0 Å². The van der Waals surface area contributed by atoms with Crippen LogP contribution in [0.1, 0.15) is 25.8 Å². The third-order valence-corrected chi connectivity index (χ3v) is 2.53. The van der Waals surface area contributed by atoms with Gasteiger partial charge in [-0.3, -0.25) is 0 Å². The molecule has 0 spiro atoms. The van der Waals surface area contributed by atoms with E-state index in [1.807, 2.05) is 26.0 Å². The van der Waals surface area contributed by atoms with Gasteiger partial charge in [0.1, 0.15) is 5.75 Å². The van der Waals surface area contributed by atoms with Gasteiger partial charge in [0.2, 0.25) is 0 Å². The van der Waals surface area contributed by atoms with Gasteiger partial charge in [-0.15, -0.1) is 0 Å². The van der Waals surface area contributed by atoms with E-state index in [1.165, 1.54) is 5.56 Å². The molecule has 0 N–H and O–H groups in total. The Kier molecular flexibility index (Phi) is 6.67.